The molecular weight excluding hydrogens is 312 g/mol. The molecule has 0 spiro atoms. The predicted molar refractivity (Wildman–Crippen MR) is 85.9 cm³/mol. The van der Waals surface area contributed by atoms with Crippen molar-refractivity contribution < 1.29 is 28.6 Å². The van der Waals surface area contributed by atoms with Gasteiger partial charge in [0.25, 0.3) is 0 Å². The monoisotopic (exact) mass is 340 g/mol. The van der Waals surface area contributed by atoms with Crippen molar-refractivity contribution in [1.82, 2.24) is 0 Å². The molecule has 0 aromatic heterocycles. The van der Waals surface area contributed by atoms with Crippen molar-refractivity contribution >= 4 is 17.9 Å². The molecule has 3 unspecified atom stereocenters. The van der Waals surface area contributed by atoms with E-state index in [2.05, 4.69) is 0 Å². The number of rotatable bonds is 7. The van der Waals surface area contributed by atoms with E-state index < -0.39 is 24.1 Å². The van der Waals surface area contributed by atoms with E-state index in [0.29, 0.717) is 18.4 Å². The largest absolute Gasteiger partial charge is 0.465 e. The van der Waals surface area contributed by atoms with Crippen LogP contribution in [-0.4, -0.2) is 36.7 Å². The Balaban J connectivity index is 1.54. The normalized spacial score (nSPS) is 25.4. The molecule has 0 aliphatic heterocycles. The minimum atomic E-state index is -0.618. The van der Waals surface area contributed by atoms with Crippen LogP contribution >= 0.6 is 0 Å². The second-order valence-corrected chi connectivity index (χ2v) is 7.87. The van der Waals surface area contributed by atoms with Crippen LogP contribution in [0.25, 0.3) is 0 Å². The molecule has 0 amide bonds. The molecule has 0 saturated heterocycles. The van der Waals surface area contributed by atoms with Crippen LogP contribution < -0.4 is 0 Å². The van der Waals surface area contributed by atoms with Crippen LogP contribution in [0.1, 0.15) is 59.3 Å². The van der Waals surface area contributed by atoms with Crippen LogP contribution in [0.5, 0.6) is 0 Å². The van der Waals surface area contributed by atoms with Gasteiger partial charge in [-0.15, -0.1) is 0 Å². The second kappa shape index (κ2) is 7.99. The fourth-order valence-corrected chi connectivity index (χ4v) is 3.64. The molecule has 2 aliphatic rings. The van der Waals surface area contributed by atoms with E-state index >= 15 is 0 Å². The summed E-state index contributed by atoms with van der Waals surface area (Å²) in [5.41, 5.74) is -0.618. The number of hydrogen-bond donors (Lipinski definition) is 0. The fourth-order valence-electron chi connectivity index (χ4n) is 3.64. The number of carbonyl (C=O) groups is 3. The average molecular weight is 340 g/mol. The lowest BCUT2D eigenvalue weighted by molar-refractivity contribution is -0.166. The van der Waals surface area contributed by atoms with Crippen molar-refractivity contribution in [2.45, 2.75) is 64.9 Å². The summed E-state index contributed by atoms with van der Waals surface area (Å²) in [4.78, 5) is 34.7. The molecule has 136 valence electrons. The zero-order valence-corrected chi connectivity index (χ0v) is 14.8. The predicted octanol–water partition coefficient (Wildman–Crippen LogP) is 2.63. The first-order valence-corrected chi connectivity index (χ1v) is 8.76. The number of ether oxygens (including phenoxy) is 3. The molecule has 0 aromatic rings. The molecule has 2 aliphatic carbocycles. The van der Waals surface area contributed by atoms with Crippen molar-refractivity contribution in [2.24, 2.45) is 17.8 Å². The van der Waals surface area contributed by atoms with Crippen molar-refractivity contribution in [1.29, 1.82) is 0 Å². The summed E-state index contributed by atoms with van der Waals surface area (Å²) in [6.45, 7) is 5.24. The van der Waals surface area contributed by atoms with Gasteiger partial charge in [-0.1, -0.05) is 6.42 Å². The van der Waals surface area contributed by atoms with Gasteiger partial charge in [0, 0.05) is 0 Å². The number of esters is 3. The molecule has 24 heavy (non-hydrogen) atoms. The lowest BCUT2D eigenvalue weighted by atomic mass is 9.90. The minimum absolute atomic E-state index is 0.0199. The van der Waals surface area contributed by atoms with Crippen LogP contribution in [0.4, 0.5) is 0 Å². The Morgan fingerprint density at radius 3 is 2.12 bits per heavy atom. The van der Waals surface area contributed by atoms with Gasteiger partial charge in [0.2, 0.25) is 0 Å². The first-order chi connectivity index (χ1) is 11.2. The molecule has 0 radical (unpaired) electrons. The number of fused-ring (bicyclic) bond motifs is 2. The molecule has 2 saturated carbocycles. The highest BCUT2D eigenvalue weighted by Crippen LogP contribution is 2.48. The lowest BCUT2D eigenvalue weighted by Crippen LogP contribution is -2.27. The van der Waals surface area contributed by atoms with E-state index in [-0.39, 0.29) is 18.8 Å². The van der Waals surface area contributed by atoms with Gasteiger partial charge in [0.05, 0.1) is 19.4 Å². The van der Waals surface area contributed by atoms with Crippen LogP contribution in [0.2, 0.25) is 0 Å². The highest BCUT2D eigenvalue weighted by atomic mass is 16.6. The molecule has 0 heterocycles. The van der Waals surface area contributed by atoms with Crippen LogP contribution in [0.15, 0.2) is 0 Å². The van der Waals surface area contributed by atoms with Gasteiger partial charge >= 0.3 is 17.9 Å². The van der Waals surface area contributed by atoms with Crippen molar-refractivity contribution in [3.63, 3.8) is 0 Å². The molecule has 2 bridgehead atoms. The van der Waals surface area contributed by atoms with Gasteiger partial charge in [-0.05, 0) is 57.8 Å². The summed E-state index contributed by atoms with van der Waals surface area (Å²) in [6, 6.07) is 0. The Labute approximate surface area is 143 Å². The van der Waals surface area contributed by atoms with E-state index in [9.17, 15) is 14.4 Å². The van der Waals surface area contributed by atoms with Gasteiger partial charge in [-0.25, -0.2) is 4.79 Å². The maximum atomic E-state index is 11.7. The molecule has 6 heteroatoms. The first kappa shape index (κ1) is 18.7. The van der Waals surface area contributed by atoms with Gasteiger partial charge in [0.1, 0.15) is 5.60 Å². The lowest BCUT2D eigenvalue weighted by Gasteiger charge is -2.21. The maximum Gasteiger partial charge on any atom is 0.344 e. The van der Waals surface area contributed by atoms with Gasteiger partial charge in [-0.2, -0.15) is 0 Å². The molecule has 0 aromatic carbocycles. The second-order valence-electron chi connectivity index (χ2n) is 7.87. The van der Waals surface area contributed by atoms with Gasteiger partial charge in [0.15, 0.2) is 6.61 Å². The Morgan fingerprint density at radius 2 is 1.58 bits per heavy atom. The fraction of sp³-hybridized carbons (Fsp3) is 0.833. The summed E-state index contributed by atoms with van der Waals surface area (Å²) in [5, 5.41) is 0. The van der Waals surface area contributed by atoms with E-state index in [1.165, 1.54) is 19.3 Å². The topological polar surface area (TPSA) is 78.9 Å². The Bertz CT molecular complexity index is 478. The first-order valence-electron chi connectivity index (χ1n) is 8.76. The van der Waals surface area contributed by atoms with Crippen molar-refractivity contribution in [2.75, 3.05) is 13.2 Å². The molecule has 6 nitrogen and oxygen atoms in total. The molecule has 2 rings (SSSR count). The van der Waals surface area contributed by atoms with Crippen LogP contribution in [0, 0.1) is 17.8 Å². The zero-order valence-electron chi connectivity index (χ0n) is 14.8. The van der Waals surface area contributed by atoms with Crippen LogP contribution in [0.3, 0.4) is 0 Å². The van der Waals surface area contributed by atoms with Gasteiger partial charge in [-0.3, -0.25) is 9.59 Å². The van der Waals surface area contributed by atoms with Crippen LogP contribution in [-0.2, 0) is 28.6 Å². The summed E-state index contributed by atoms with van der Waals surface area (Å²) in [5.74, 6) is 0.439. The smallest absolute Gasteiger partial charge is 0.344 e. The summed E-state index contributed by atoms with van der Waals surface area (Å²) >= 11 is 0. The summed E-state index contributed by atoms with van der Waals surface area (Å²) in [7, 11) is 0. The summed E-state index contributed by atoms with van der Waals surface area (Å²) in [6.07, 6.45) is 4.91. The number of hydrogen-bond acceptors (Lipinski definition) is 6. The van der Waals surface area contributed by atoms with E-state index in [1.807, 2.05) is 0 Å². The molecule has 0 N–H and O–H groups in total. The molecule has 3 atom stereocenters. The standard InChI is InChI=1S/C18H28O6/c1-18(2,3)24-17(21)11-23-16(20)7-6-15(19)22-10-14-9-12-4-5-13(14)8-12/h12-14H,4-11H2,1-3H3. The third-order valence-corrected chi connectivity index (χ3v) is 4.65. The van der Waals surface area contributed by atoms with E-state index in [1.54, 1.807) is 20.8 Å². The minimum Gasteiger partial charge on any atom is -0.465 e. The molecule has 2 fully saturated rings. The third kappa shape index (κ3) is 6.13. The SMILES string of the molecule is CC(C)(C)OC(=O)COC(=O)CCC(=O)OCC1CC2CCC1C2. The quantitative estimate of drug-likeness (QED) is 0.524. The van der Waals surface area contributed by atoms with E-state index in [0.717, 1.165) is 12.3 Å². The Hall–Kier alpha value is -1.59. The molecular formula is C18H28O6. The zero-order chi connectivity index (χ0) is 17.7. The Morgan fingerprint density at radius 1 is 0.917 bits per heavy atom. The van der Waals surface area contributed by atoms with E-state index in [4.69, 9.17) is 14.2 Å². The summed E-state index contributed by atoms with van der Waals surface area (Å²) < 4.78 is 15.1. The van der Waals surface area contributed by atoms with Crippen molar-refractivity contribution in [3.8, 4) is 0 Å². The third-order valence-electron chi connectivity index (χ3n) is 4.65. The average Bonchev–Trinajstić information content (AvgIpc) is 3.09. The van der Waals surface area contributed by atoms with Gasteiger partial charge < -0.3 is 14.2 Å². The van der Waals surface area contributed by atoms with Crippen molar-refractivity contribution in [3.05, 3.63) is 0 Å². The highest BCUT2D eigenvalue weighted by molar-refractivity contribution is 5.80. The number of carbonyl (C=O) groups excluding carboxylic acids is 3. The maximum absolute atomic E-state index is 11.7. The Kier molecular flexibility index (Phi) is 6.24. The highest BCUT2D eigenvalue weighted by Gasteiger charge is 2.39.